The maximum Gasteiger partial charge on any atom is 0.330 e. The average molecular weight is 497 g/mol. The molecule has 3 aromatic carbocycles. The standard InChI is InChI=1S/C28H26N6OS/c1-20-10-12-21(13-11-20)26(31-22-8-6-5-7-9-22)32-28-34(23-14-16-24(35-4)17-15-23)27(25(18-29)36-28)30-19-33(2)3/h5-17,19H,1-4H3/p+2. The molecule has 0 fully saturated rings. The Hall–Kier alpha value is -4.48. The quantitative estimate of drug-likeness (QED) is 0.212. The van der Waals surface area contributed by atoms with Crippen LogP contribution in [0.1, 0.15) is 16.0 Å². The highest BCUT2D eigenvalue weighted by Gasteiger charge is 2.27. The molecule has 1 heterocycles. The Morgan fingerprint density at radius 1 is 1.03 bits per heavy atom. The second kappa shape index (κ2) is 11.3. The molecule has 0 bridgehead atoms. The van der Waals surface area contributed by atoms with E-state index in [0.717, 1.165) is 22.7 Å². The second-order valence-corrected chi connectivity index (χ2v) is 9.24. The molecule has 0 saturated heterocycles. The number of nitrogens with zero attached hydrogens (tertiary/aromatic N) is 4. The van der Waals surface area contributed by atoms with Crippen LogP contribution in [0.5, 0.6) is 5.75 Å². The summed E-state index contributed by atoms with van der Waals surface area (Å²) in [6.45, 7) is 2.06. The molecule has 4 aromatic rings. The van der Waals surface area contributed by atoms with Crippen LogP contribution in [0.3, 0.4) is 0 Å². The molecule has 4 rings (SSSR count). The van der Waals surface area contributed by atoms with Crippen LogP contribution >= 0.6 is 11.3 Å². The average Bonchev–Trinajstić information content (AvgIpc) is 3.25. The summed E-state index contributed by atoms with van der Waals surface area (Å²) in [6.07, 6.45) is 1.81. The third kappa shape index (κ3) is 5.77. The van der Waals surface area contributed by atoms with Gasteiger partial charge in [-0.2, -0.15) is 9.83 Å². The molecular formula is C28H28N6OS+2. The van der Waals surface area contributed by atoms with E-state index in [1.54, 1.807) is 13.4 Å². The summed E-state index contributed by atoms with van der Waals surface area (Å²) in [5.41, 5.74) is 3.88. The van der Waals surface area contributed by atoms with Crippen molar-refractivity contribution in [2.45, 2.75) is 6.92 Å². The van der Waals surface area contributed by atoms with Gasteiger partial charge in [0.15, 0.2) is 4.88 Å². The first-order valence-corrected chi connectivity index (χ1v) is 12.2. The van der Waals surface area contributed by atoms with Gasteiger partial charge in [0.2, 0.25) is 12.2 Å². The van der Waals surface area contributed by atoms with Crippen molar-refractivity contribution >= 4 is 40.1 Å². The number of aromatic nitrogens is 1. The number of para-hydroxylation sites is 1. The fraction of sp³-hybridized carbons (Fsp3) is 0.143. The third-order valence-electron chi connectivity index (χ3n) is 5.28. The predicted octanol–water partition coefficient (Wildman–Crippen LogP) is 5.12. The van der Waals surface area contributed by atoms with E-state index in [1.165, 1.54) is 16.9 Å². The summed E-state index contributed by atoms with van der Waals surface area (Å²) >= 11 is 1.32. The number of amidine groups is 1. The summed E-state index contributed by atoms with van der Waals surface area (Å²) in [5.74, 6) is 2.07. The monoisotopic (exact) mass is 496 g/mol. The van der Waals surface area contributed by atoms with Crippen LogP contribution in [-0.2, 0) is 0 Å². The Kier molecular flexibility index (Phi) is 7.73. The Morgan fingerprint density at radius 3 is 2.33 bits per heavy atom. The lowest BCUT2D eigenvalue weighted by atomic mass is 10.1. The predicted molar refractivity (Wildman–Crippen MR) is 146 cm³/mol. The second-order valence-electron chi connectivity index (χ2n) is 8.26. The summed E-state index contributed by atoms with van der Waals surface area (Å²) in [5, 5.41) is 17.3. The molecule has 0 amide bonds. The first-order valence-electron chi connectivity index (χ1n) is 11.4. The molecule has 0 aliphatic heterocycles. The molecule has 0 saturated carbocycles. The van der Waals surface area contributed by atoms with Gasteiger partial charge in [0.1, 0.15) is 17.5 Å². The zero-order chi connectivity index (χ0) is 25.5. The summed E-state index contributed by atoms with van der Waals surface area (Å²) in [6, 6.07) is 28.1. The van der Waals surface area contributed by atoms with Crippen LogP contribution < -0.4 is 19.9 Å². The zero-order valence-electron chi connectivity index (χ0n) is 20.7. The highest BCUT2D eigenvalue weighted by Crippen LogP contribution is 2.30. The number of aryl methyl sites for hydroxylation is 1. The topological polar surface area (TPSA) is 76.3 Å². The first-order chi connectivity index (χ1) is 17.5. The molecule has 0 atom stereocenters. The molecule has 7 nitrogen and oxygen atoms in total. The van der Waals surface area contributed by atoms with E-state index in [2.05, 4.69) is 35.8 Å². The van der Waals surface area contributed by atoms with E-state index < -0.39 is 0 Å². The highest BCUT2D eigenvalue weighted by atomic mass is 32.1. The number of thiazole rings is 1. The molecule has 2 N–H and O–H groups in total. The van der Waals surface area contributed by atoms with Crippen molar-refractivity contribution in [1.82, 2.24) is 0 Å². The molecule has 0 aliphatic carbocycles. The van der Waals surface area contributed by atoms with E-state index in [4.69, 9.17) is 9.73 Å². The Labute approximate surface area is 215 Å². The number of nitriles is 1. The van der Waals surface area contributed by atoms with E-state index in [1.807, 2.05) is 90.0 Å². The maximum atomic E-state index is 9.96. The number of aliphatic imine (C=N–C) groups is 1. The molecule has 36 heavy (non-hydrogen) atoms. The Bertz CT molecular complexity index is 1430. The minimum atomic E-state index is 0.519. The van der Waals surface area contributed by atoms with Gasteiger partial charge in [-0.15, -0.1) is 0 Å². The molecule has 0 unspecified atom stereocenters. The van der Waals surface area contributed by atoms with Crippen molar-refractivity contribution in [3.63, 3.8) is 0 Å². The normalized spacial score (nSPS) is 10.9. The molecule has 1 aromatic heterocycles. The fourth-order valence-electron chi connectivity index (χ4n) is 3.45. The van der Waals surface area contributed by atoms with Gasteiger partial charge in [0.25, 0.3) is 5.82 Å². The lowest BCUT2D eigenvalue weighted by molar-refractivity contribution is -0.561. The van der Waals surface area contributed by atoms with Gasteiger partial charge in [-0.3, -0.25) is 4.58 Å². The summed E-state index contributed by atoms with van der Waals surface area (Å²) < 4.78 is 9.18. The largest absolute Gasteiger partial charge is 0.497 e. The van der Waals surface area contributed by atoms with Crippen molar-refractivity contribution in [1.29, 1.82) is 5.26 Å². The van der Waals surface area contributed by atoms with Crippen molar-refractivity contribution in [2.24, 2.45) is 4.99 Å². The van der Waals surface area contributed by atoms with E-state index in [-0.39, 0.29) is 0 Å². The highest BCUT2D eigenvalue weighted by molar-refractivity contribution is 7.15. The van der Waals surface area contributed by atoms with Crippen LogP contribution in [0.15, 0.2) is 83.9 Å². The lowest BCUT2D eigenvalue weighted by Gasteiger charge is -2.08. The van der Waals surface area contributed by atoms with Crippen LogP contribution in [0.4, 0.5) is 16.6 Å². The van der Waals surface area contributed by atoms with Gasteiger partial charge in [-0.25, -0.2) is 5.32 Å². The molecule has 0 spiro atoms. The Balaban J connectivity index is 1.92. The molecule has 8 heteroatoms. The number of benzene rings is 3. The van der Waals surface area contributed by atoms with Crippen molar-refractivity contribution in [3.8, 4) is 17.5 Å². The minimum Gasteiger partial charge on any atom is -0.497 e. The number of nitrogens with one attached hydrogen (secondary N) is 2. The lowest BCUT2D eigenvalue weighted by Crippen LogP contribution is -2.33. The maximum absolute atomic E-state index is 9.96. The molecule has 0 aliphatic rings. The van der Waals surface area contributed by atoms with Crippen molar-refractivity contribution < 1.29 is 13.9 Å². The van der Waals surface area contributed by atoms with Crippen LogP contribution in [0, 0.1) is 18.3 Å². The number of hydrogen-bond acceptors (Lipinski definition) is 4. The van der Waals surface area contributed by atoms with Gasteiger partial charge < -0.3 is 10.1 Å². The van der Waals surface area contributed by atoms with Crippen LogP contribution in [0.2, 0.25) is 0 Å². The van der Waals surface area contributed by atoms with Crippen LogP contribution in [0.25, 0.3) is 5.69 Å². The van der Waals surface area contributed by atoms with Crippen molar-refractivity contribution in [3.05, 3.63) is 94.9 Å². The summed E-state index contributed by atoms with van der Waals surface area (Å²) in [4.78, 5) is 5.59. The number of hydrogen-bond donors (Lipinski definition) is 2. The smallest absolute Gasteiger partial charge is 0.330 e. The third-order valence-corrected chi connectivity index (χ3v) is 6.23. The molecule has 180 valence electrons. The van der Waals surface area contributed by atoms with E-state index in [0.29, 0.717) is 21.7 Å². The van der Waals surface area contributed by atoms with Gasteiger partial charge in [0, 0.05) is 11.3 Å². The fourth-order valence-corrected chi connectivity index (χ4v) is 4.35. The number of rotatable bonds is 7. The van der Waals surface area contributed by atoms with Gasteiger partial charge in [-0.1, -0.05) is 40.9 Å². The van der Waals surface area contributed by atoms with Crippen LogP contribution in [-0.4, -0.2) is 38.0 Å². The zero-order valence-corrected chi connectivity index (χ0v) is 21.5. The van der Waals surface area contributed by atoms with E-state index in [9.17, 15) is 5.26 Å². The SMILES string of the molecule is COc1ccc(-[n+]2c(N=C(Nc3ccccc3)c3ccc(C)cc3)sc(C#N)c2NC=[N+](C)C)cc1. The minimum absolute atomic E-state index is 0.519. The Morgan fingerprint density at radius 2 is 1.72 bits per heavy atom. The first kappa shape index (κ1) is 24.6. The number of anilines is 2. The molecular weight excluding hydrogens is 468 g/mol. The number of ether oxygens (including phenoxy) is 1. The number of methoxy groups -OCH3 is 1. The van der Waals surface area contributed by atoms with Crippen molar-refractivity contribution in [2.75, 3.05) is 31.8 Å². The van der Waals surface area contributed by atoms with Gasteiger partial charge in [0.05, 0.1) is 21.2 Å². The van der Waals surface area contributed by atoms with E-state index >= 15 is 0 Å². The van der Waals surface area contributed by atoms with Gasteiger partial charge >= 0.3 is 5.13 Å². The summed E-state index contributed by atoms with van der Waals surface area (Å²) in [7, 11) is 5.47. The molecule has 0 radical (unpaired) electrons. The van der Waals surface area contributed by atoms with Gasteiger partial charge in [-0.05, 0) is 66.8 Å².